The molecule has 2 N–H and O–H groups in total. The van der Waals surface area contributed by atoms with E-state index in [4.69, 9.17) is 9.66 Å². The van der Waals surface area contributed by atoms with Gasteiger partial charge in [-0.25, -0.2) is 9.59 Å². The number of carbonyl (C=O) groups is 2. The molecule has 0 aromatic heterocycles. The molecule has 0 aliphatic heterocycles. The summed E-state index contributed by atoms with van der Waals surface area (Å²) < 4.78 is 31.2. The highest BCUT2D eigenvalue weighted by Gasteiger charge is 2.44. The molecule has 7 nitrogen and oxygen atoms in total. The Bertz CT molecular complexity index is 554. The molecule has 0 aliphatic rings. The van der Waals surface area contributed by atoms with Crippen LogP contribution in [0, 0.1) is 0 Å². The van der Waals surface area contributed by atoms with Crippen LogP contribution in [0.5, 0.6) is 0 Å². The van der Waals surface area contributed by atoms with E-state index in [1.165, 1.54) is 0 Å². The van der Waals surface area contributed by atoms with E-state index in [1.807, 2.05) is 27.4 Å². The van der Waals surface area contributed by atoms with E-state index < -0.39 is 31.6 Å². The van der Waals surface area contributed by atoms with Crippen molar-refractivity contribution in [1.82, 2.24) is 0 Å². The van der Waals surface area contributed by atoms with E-state index in [0.29, 0.717) is 21.6 Å². The summed E-state index contributed by atoms with van der Waals surface area (Å²) in [6, 6.07) is 0. The van der Waals surface area contributed by atoms with Gasteiger partial charge in [0.1, 0.15) is 5.75 Å². The Labute approximate surface area is 158 Å². The number of carboxylic acids is 1. The molecule has 0 amide bonds. The topological polar surface area (TPSA) is 109 Å². The Kier molecular flexibility index (Phi) is 12.8. The number of nitrogens with zero attached hydrogens (tertiary/aromatic N) is 1. The third-order valence-corrected chi connectivity index (χ3v) is 8.42. The molecule has 0 rings (SSSR count). The monoisotopic (exact) mass is 417 g/mol. The average Bonchev–Trinajstić information content (AvgIpc) is 2.38. The molecular formula is C15H31NO6S3+2. The molecule has 0 bridgehead atoms. The third-order valence-electron chi connectivity index (χ3n) is 2.69. The van der Waals surface area contributed by atoms with Crippen LogP contribution in [0.1, 0.15) is 20.3 Å². The Morgan fingerprint density at radius 3 is 1.96 bits per heavy atom. The Morgan fingerprint density at radius 1 is 1.28 bits per heavy atom. The Hall–Kier alpha value is -0.550. The van der Waals surface area contributed by atoms with Gasteiger partial charge >= 0.3 is 21.2 Å². The minimum Gasteiger partial charge on any atom is -0.477 e. The fourth-order valence-corrected chi connectivity index (χ4v) is 6.77. The molecule has 0 heterocycles. The SMILES string of the molecule is C=C(C)C(=O)[S+](CCSC)C(CC)S(=O)(=O)O.C[N+](C)(C)CC(=O)O. The first-order valence-corrected chi connectivity index (χ1v) is 11.9. The van der Waals surface area contributed by atoms with Gasteiger partial charge in [-0.2, -0.15) is 20.2 Å². The van der Waals surface area contributed by atoms with E-state index in [9.17, 15) is 18.0 Å². The summed E-state index contributed by atoms with van der Waals surface area (Å²) in [4.78, 5) is 21.9. The van der Waals surface area contributed by atoms with E-state index >= 15 is 0 Å². The molecule has 0 aromatic rings. The van der Waals surface area contributed by atoms with Crippen molar-refractivity contribution >= 4 is 43.9 Å². The van der Waals surface area contributed by atoms with E-state index in [0.717, 1.165) is 0 Å². The zero-order valence-corrected chi connectivity index (χ0v) is 18.3. The predicted octanol–water partition coefficient (Wildman–Crippen LogP) is 1.47. The molecule has 0 fully saturated rings. The van der Waals surface area contributed by atoms with Crippen molar-refractivity contribution in [2.75, 3.05) is 45.4 Å². The average molecular weight is 418 g/mol. The number of hydrogen-bond donors (Lipinski definition) is 2. The second-order valence-corrected chi connectivity index (χ2v) is 11.5. The zero-order valence-electron chi connectivity index (χ0n) is 15.8. The maximum atomic E-state index is 11.9. The number of carboxylic acid groups (broad SMARTS) is 1. The number of hydrogen-bond acceptors (Lipinski definition) is 5. The summed E-state index contributed by atoms with van der Waals surface area (Å²) in [6.45, 7) is 6.96. The molecule has 148 valence electrons. The lowest BCUT2D eigenvalue weighted by molar-refractivity contribution is -0.862. The van der Waals surface area contributed by atoms with Crippen molar-refractivity contribution in [3.63, 3.8) is 0 Å². The zero-order chi connectivity index (χ0) is 20.4. The van der Waals surface area contributed by atoms with E-state index in [2.05, 4.69) is 6.58 Å². The minimum atomic E-state index is -4.18. The van der Waals surface area contributed by atoms with E-state index in [-0.39, 0.29) is 18.1 Å². The molecule has 0 aromatic carbocycles. The van der Waals surface area contributed by atoms with Crippen molar-refractivity contribution in [3.8, 4) is 0 Å². The first-order valence-electron chi connectivity index (χ1n) is 7.54. The largest absolute Gasteiger partial charge is 0.477 e. The minimum absolute atomic E-state index is 0.181. The van der Waals surface area contributed by atoms with Gasteiger partial charge in [-0.3, -0.25) is 4.55 Å². The number of likely N-dealkylation sites (N-methyl/N-ethyl adjacent to an activating group) is 1. The maximum absolute atomic E-state index is 11.9. The smallest absolute Gasteiger partial charge is 0.359 e. The number of carbonyl (C=O) groups excluding carboxylic acids is 1. The van der Waals surface area contributed by atoms with Crippen molar-refractivity contribution in [2.24, 2.45) is 0 Å². The van der Waals surface area contributed by atoms with Crippen LogP contribution in [0.3, 0.4) is 0 Å². The molecule has 2 unspecified atom stereocenters. The van der Waals surface area contributed by atoms with Gasteiger partial charge in [0.05, 0.1) is 32.0 Å². The van der Waals surface area contributed by atoms with Gasteiger partial charge in [0, 0.05) is 17.7 Å². The Morgan fingerprint density at radius 2 is 1.76 bits per heavy atom. The van der Waals surface area contributed by atoms with Crippen LogP contribution in [0.15, 0.2) is 12.2 Å². The van der Waals surface area contributed by atoms with E-state index in [1.54, 1.807) is 25.6 Å². The lowest BCUT2D eigenvalue weighted by Gasteiger charge is -2.20. The van der Waals surface area contributed by atoms with Crippen LogP contribution < -0.4 is 0 Å². The molecule has 0 saturated carbocycles. The summed E-state index contributed by atoms with van der Waals surface area (Å²) in [6.07, 6.45) is 2.12. The lowest BCUT2D eigenvalue weighted by Crippen LogP contribution is -2.39. The van der Waals surface area contributed by atoms with Gasteiger partial charge in [-0.15, -0.1) is 0 Å². The second-order valence-electron chi connectivity index (χ2n) is 6.39. The number of rotatable bonds is 9. The standard InChI is InChI=1S/C10H18O4S3.C5H11NO2/c1-5-9(17(12,13)14)16(7-6-15-4)10(11)8(2)3;1-6(2,3)4-5(7)8/h9H,2,5-7H2,1,3-4H3;4H2,1-3H3/p+2. The quantitative estimate of drug-likeness (QED) is 0.253. The Balaban J connectivity index is 0. The van der Waals surface area contributed by atoms with Crippen LogP contribution in [0.25, 0.3) is 0 Å². The number of aliphatic carboxylic acids is 1. The van der Waals surface area contributed by atoms with Gasteiger partial charge in [0.15, 0.2) is 6.54 Å². The summed E-state index contributed by atoms with van der Waals surface area (Å²) in [5, 5.41) is 7.99. The summed E-state index contributed by atoms with van der Waals surface area (Å²) in [5.41, 5.74) is 0.344. The van der Waals surface area contributed by atoms with Gasteiger partial charge in [0.2, 0.25) is 4.58 Å². The van der Waals surface area contributed by atoms with Crippen LogP contribution >= 0.6 is 11.8 Å². The van der Waals surface area contributed by atoms with Gasteiger partial charge in [-0.05, 0) is 13.2 Å². The molecule has 10 heteroatoms. The fourth-order valence-electron chi connectivity index (χ4n) is 1.70. The van der Waals surface area contributed by atoms with Crippen LogP contribution in [-0.2, 0) is 30.6 Å². The predicted molar refractivity (Wildman–Crippen MR) is 107 cm³/mol. The van der Waals surface area contributed by atoms with Gasteiger partial charge in [-0.1, -0.05) is 13.5 Å². The highest BCUT2D eigenvalue weighted by molar-refractivity contribution is 8.20. The molecule has 25 heavy (non-hydrogen) atoms. The van der Waals surface area contributed by atoms with Gasteiger partial charge in [0.25, 0.3) is 0 Å². The van der Waals surface area contributed by atoms with Crippen molar-refractivity contribution in [2.45, 2.75) is 24.9 Å². The highest BCUT2D eigenvalue weighted by atomic mass is 32.3. The highest BCUT2D eigenvalue weighted by Crippen LogP contribution is 2.21. The molecule has 0 aliphatic carbocycles. The molecule has 0 saturated heterocycles. The number of quaternary nitrogens is 1. The van der Waals surface area contributed by atoms with Crippen LogP contribution in [0.2, 0.25) is 0 Å². The third kappa shape index (κ3) is 13.3. The lowest BCUT2D eigenvalue weighted by atomic mass is 10.4. The van der Waals surface area contributed by atoms with Crippen molar-refractivity contribution in [1.29, 1.82) is 0 Å². The molecule has 2 atom stereocenters. The molecule has 0 spiro atoms. The van der Waals surface area contributed by atoms with Crippen molar-refractivity contribution in [3.05, 3.63) is 12.2 Å². The number of thioether (sulfide) groups is 1. The summed E-state index contributed by atoms with van der Waals surface area (Å²) in [5.74, 6) is 0.400. The first kappa shape index (κ1) is 26.7. The van der Waals surface area contributed by atoms with Gasteiger partial charge < -0.3 is 9.59 Å². The normalized spacial score (nSPS) is 14.0. The van der Waals surface area contributed by atoms with Crippen molar-refractivity contribution < 1.29 is 32.1 Å². The second kappa shape index (κ2) is 11.9. The van der Waals surface area contributed by atoms with Crippen LogP contribution in [-0.4, -0.2) is 83.7 Å². The first-order chi connectivity index (χ1) is 11.2. The summed E-state index contributed by atoms with van der Waals surface area (Å²) in [7, 11) is 0.338. The molecular weight excluding hydrogens is 386 g/mol. The van der Waals surface area contributed by atoms with Crippen LogP contribution in [0.4, 0.5) is 0 Å². The maximum Gasteiger partial charge on any atom is 0.359 e. The summed E-state index contributed by atoms with van der Waals surface area (Å²) >= 11 is 1.55. The molecule has 0 radical (unpaired) electrons. The fraction of sp³-hybridized carbons (Fsp3) is 0.733.